The second kappa shape index (κ2) is 8.01. The summed E-state index contributed by atoms with van der Waals surface area (Å²) in [6, 6.07) is 5.96. The third-order valence-corrected chi connectivity index (χ3v) is 6.63. The van der Waals surface area contributed by atoms with Gasteiger partial charge in [-0.2, -0.15) is 0 Å². The minimum atomic E-state index is -0.157. The molecule has 0 aliphatic heterocycles. The van der Waals surface area contributed by atoms with Crippen LogP contribution in [0.5, 0.6) is 0 Å². The number of aliphatic hydroxyl groups is 1. The number of amides is 1. The summed E-state index contributed by atoms with van der Waals surface area (Å²) in [6.45, 7) is 0.678. The van der Waals surface area contributed by atoms with Gasteiger partial charge in [0, 0.05) is 24.1 Å². The van der Waals surface area contributed by atoms with Gasteiger partial charge in [-0.1, -0.05) is 44.6 Å². The Morgan fingerprint density at radius 2 is 1.89 bits per heavy atom. The number of imidazole rings is 1. The highest BCUT2D eigenvalue weighted by Crippen LogP contribution is 2.36. The Labute approximate surface area is 161 Å². The third kappa shape index (κ3) is 3.75. The number of aromatic nitrogens is 2. The maximum absolute atomic E-state index is 13.0. The summed E-state index contributed by atoms with van der Waals surface area (Å²) in [5, 5.41) is 13.0. The first kappa shape index (κ1) is 18.5. The number of hydrogen-bond acceptors (Lipinski definition) is 3. The van der Waals surface area contributed by atoms with Gasteiger partial charge in [-0.05, 0) is 37.8 Å². The molecule has 0 aromatic carbocycles. The second-order valence-corrected chi connectivity index (χ2v) is 8.51. The van der Waals surface area contributed by atoms with Crippen LogP contribution in [0.4, 0.5) is 0 Å². The van der Waals surface area contributed by atoms with Crippen molar-refractivity contribution in [2.24, 2.45) is 5.41 Å². The molecule has 0 unspecified atom stereocenters. The molecule has 2 N–H and O–H groups in total. The zero-order chi connectivity index (χ0) is 18.7. The van der Waals surface area contributed by atoms with Gasteiger partial charge < -0.3 is 14.8 Å². The normalized spacial score (nSPS) is 20.6. The van der Waals surface area contributed by atoms with Gasteiger partial charge in [0.15, 0.2) is 5.69 Å². The van der Waals surface area contributed by atoms with Gasteiger partial charge in [-0.15, -0.1) is 0 Å². The standard InChI is InChI=1S/C22H31N3O2/c26-16-22(12-6-2-7-13-22)15-23-21(27)19-18-11-5-8-14-25(18)20(24-19)17-9-3-1-4-10-17/h5,8,11,14,17,26H,1-4,6-7,9-10,12-13,15-16H2,(H,23,27). The summed E-state index contributed by atoms with van der Waals surface area (Å²) in [6.07, 6.45) is 13.6. The van der Waals surface area contributed by atoms with Crippen LogP contribution < -0.4 is 5.32 Å². The van der Waals surface area contributed by atoms with Crippen molar-refractivity contribution in [3.05, 3.63) is 35.9 Å². The first-order valence-corrected chi connectivity index (χ1v) is 10.6. The minimum Gasteiger partial charge on any atom is -0.396 e. The number of rotatable bonds is 5. The Morgan fingerprint density at radius 1 is 1.15 bits per heavy atom. The lowest BCUT2D eigenvalue weighted by Crippen LogP contribution is -2.41. The van der Waals surface area contributed by atoms with E-state index < -0.39 is 0 Å². The predicted molar refractivity (Wildman–Crippen MR) is 106 cm³/mol. The van der Waals surface area contributed by atoms with Gasteiger partial charge >= 0.3 is 0 Å². The van der Waals surface area contributed by atoms with E-state index in [9.17, 15) is 9.90 Å². The summed E-state index contributed by atoms with van der Waals surface area (Å²) >= 11 is 0. The van der Waals surface area contributed by atoms with Crippen LogP contribution in [-0.4, -0.2) is 33.6 Å². The Kier molecular flexibility index (Phi) is 5.48. The van der Waals surface area contributed by atoms with Crippen LogP contribution in [-0.2, 0) is 0 Å². The molecule has 2 saturated carbocycles. The molecule has 4 rings (SSSR count). The molecule has 2 aliphatic carbocycles. The molecular weight excluding hydrogens is 338 g/mol. The maximum atomic E-state index is 13.0. The molecule has 2 aromatic rings. The van der Waals surface area contributed by atoms with Crippen molar-refractivity contribution in [2.45, 2.75) is 70.1 Å². The molecule has 5 heteroatoms. The highest BCUT2D eigenvalue weighted by Gasteiger charge is 2.32. The SMILES string of the molecule is O=C(NCC1(CO)CCCCC1)c1nc(C2CCCCC2)n2ccccc12. The van der Waals surface area contributed by atoms with Crippen molar-refractivity contribution in [1.29, 1.82) is 0 Å². The fourth-order valence-corrected chi connectivity index (χ4v) is 4.92. The first-order chi connectivity index (χ1) is 13.2. The van der Waals surface area contributed by atoms with E-state index in [0.29, 0.717) is 18.2 Å². The molecule has 0 bridgehead atoms. The molecule has 2 aliphatic rings. The van der Waals surface area contributed by atoms with Crippen LogP contribution in [0.1, 0.15) is 86.4 Å². The van der Waals surface area contributed by atoms with Gasteiger partial charge in [0.2, 0.25) is 0 Å². The molecule has 5 nitrogen and oxygen atoms in total. The Morgan fingerprint density at radius 3 is 2.63 bits per heavy atom. The fraction of sp³-hybridized carbons (Fsp3) is 0.636. The summed E-state index contributed by atoms with van der Waals surface area (Å²) in [5.41, 5.74) is 1.26. The molecule has 1 amide bonds. The van der Waals surface area contributed by atoms with Crippen LogP contribution in [0.15, 0.2) is 24.4 Å². The van der Waals surface area contributed by atoms with E-state index in [0.717, 1.165) is 49.9 Å². The number of aliphatic hydroxyl groups excluding tert-OH is 1. The van der Waals surface area contributed by atoms with Crippen LogP contribution >= 0.6 is 0 Å². The number of pyridine rings is 1. The molecule has 0 radical (unpaired) electrons. The van der Waals surface area contributed by atoms with Crippen molar-refractivity contribution in [1.82, 2.24) is 14.7 Å². The first-order valence-electron chi connectivity index (χ1n) is 10.6. The maximum Gasteiger partial charge on any atom is 0.272 e. The van der Waals surface area contributed by atoms with Crippen LogP contribution in [0.3, 0.4) is 0 Å². The van der Waals surface area contributed by atoms with Crippen molar-refractivity contribution in [2.75, 3.05) is 13.2 Å². The molecule has 2 fully saturated rings. The summed E-state index contributed by atoms with van der Waals surface area (Å²) < 4.78 is 2.10. The minimum absolute atomic E-state index is 0.112. The molecular formula is C22H31N3O2. The predicted octanol–water partition coefficient (Wildman–Crippen LogP) is 4.05. The highest BCUT2D eigenvalue weighted by molar-refractivity contribution is 5.99. The average molecular weight is 370 g/mol. The highest BCUT2D eigenvalue weighted by atomic mass is 16.3. The van der Waals surface area contributed by atoms with Gasteiger partial charge in [0.05, 0.1) is 12.1 Å². The van der Waals surface area contributed by atoms with Gasteiger partial charge in [0.1, 0.15) is 5.82 Å². The molecule has 2 aromatic heterocycles. The lowest BCUT2D eigenvalue weighted by molar-refractivity contribution is 0.0716. The van der Waals surface area contributed by atoms with Crippen molar-refractivity contribution in [3.8, 4) is 0 Å². The van der Waals surface area contributed by atoms with E-state index in [4.69, 9.17) is 4.98 Å². The van der Waals surface area contributed by atoms with Crippen molar-refractivity contribution >= 4 is 11.4 Å². The van der Waals surface area contributed by atoms with E-state index in [1.807, 2.05) is 24.4 Å². The van der Waals surface area contributed by atoms with Gasteiger partial charge in [-0.25, -0.2) is 4.98 Å². The van der Waals surface area contributed by atoms with E-state index in [1.54, 1.807) is 0 Å². The molecule has 0 saturated heterocycles. The number of nitrogens with zero attached hydrogens (tertiary/aromatic N) is 2. The lowest BCUT2D eigenvalue weighted by atomic mass is 9.74. The van der Waals surface area contributed by atoms with Crippen LogP contribution in [0.25, 0.3) is 5.52 Å². The van der Waals surface area contributed by atoms with Crippen molar-refractivity contribution in [3.63, 3.8) is 0 Å². The zero-order valence-corrected chi connectivity index (χ0v) is 16.1. The Balaban J connectivity index is 1.56. The van der Waals surface area contributed by atoms with E-state index in [1.165, 1.54) is 25.7 Å². The third-order valence-electron chi connectivity index (χ3n) is 6.63. The summed E-state index contributed by atoms with van der Waals surface area (Å²) in [5.74, 6) is 1.36. The number of carbonyl (C=O) groups is 1. The van der Waals surface area contributed by atoms with Crippen molar-refractivity contribution < 1.29 is 9.90 Å². The average Bonchev–Trinajstić information content (AvgIpc) is 3.13. The number of carbonyl (C=O) groups excluding carboxylic acids is 1. The molecule has 0 atom stereocenters. The van der Waals surface area contributed by atoms with Gasteiger partial charge in [-0.3, -0.25) is 4.79 Å². The van der Waals surface area contributed by atoms with Crippen LogP contribution in [0, 0.1) is 5.41 Å². The molecule has 0 spiro atoms. The number of nitrogens with one attached hydrogen (secondary N) is 1. The van der Waals surface area contributed by atoms with Crippen LogP contribution in [0.2, 0.25) is 0 Å². The fourth-order valence-electron chi connectivity index (χ4n) is 4.92. The number of fused-ring (bicyclic) bond motifs is 1. The number of hydrogen-bond donors (Lipinski definition) is 2. The molecule has 2 heterocycles. The topological polar surface area (TPSA) is 66.6 Å². The monoisotopic (exact) mass is 369 g/mol. The van der Waals surface area contributed by atoms with Gasteiger partial charge in [0.25, 0.3) is 5.91 Å². The lowest BCUT2D eigenvalue weighted by Gasteiger charge is -2.35. The Hall–Kier alpha value is -1.88. The smallest absolute Gasteiger partial charge is 0.272 e. The summed E-state index contributed by atoms with van der Waals surface area (Å²) in [4.78, 5) is 17.8. The summed E-state index contributed by atoms with van der Waals surface area (Å²) in [7, 11) is 0. The second-order valence-electron chi connectivity index (χ2n) is 8.51. The molecule has 27 heavy (non-hydrogen) atoms. The van der Waals surface area contributed by atoms with E-state index in [-0.39, 0.29) is 17.9 Å². The van der Waals surface area contributed by atoms with E-state index >= 15 is 0 Å². The quantitative estimate of drug-likeness (QED) is 0.835. The Bertz CT molecular complexity index is 786. The largest absolute Gasteiger partial charge is 0.396 e. The van der Waals surface area contributed by atoms with E-state index in [2.05, 4.69) is 9.72 Å². The molecule has 146 valence electrons. The zero-order valence-electron chi connectivity index (χ0n) is 16.1.